The first-order chi connectivity index (χ1) is 12.2. The SMILES string of the molecule is O=C(NC1COc2ccccc21)C1(c2cccc(Cl)c2)CCOCC1. The largest absolute Gasteiger partial charge is 0.491 e. The third kappa shape index (κ3) is 3.00. The van der Waals surface area contributed by atoms with Crippen molar-refractivity contribution in [3.63, 3.8) is 0 Å². The molecule has 130 valence electrons. The highest BCUT2D eigenvalue weighted by Gasteiger charge is 2.43. The van der Waals surface area contributed by atoms with E-state index in [0.29, 0.717) is 37.7 Å². The van der Waals surface area contributed by atoms with Gasteiger partial charge in [0.25, 0.3) is 0 Å². The van der Waals surface area contributed by atoms with Gasteiger partial charge in [-0.2, -0.15) is 0 Å². The van der Waals surface area contributed by atoms with Gasteiger partial charge in [0.2, 0.25) is 5.91 Å². The predicted octanol–water partition coefficient (Wildman–Crippen LogP) is 3.64. The van der Waals surface area contributed by atoms with E-state index in [-0.39, 0.29) is 11.9 Å². The minimum absolute atomic E-state index is 0.0170. The van der Waals surface area contributed by atoms with E-state index in [1.807, 2.05) is 48.5 Å². The number of halogens is 1. The molecule has 2 aliphatic heterocycles. The summed E-state index contributed by atoms with van der Waals surface area (Å²) >= 11 is 6.19. The van der Waals surface area contributed by atoms with Crippen LogP contribution < -0.4 is 10.1 Å². The first-order valence-corrected chi connectivity index (χ1v) is 8.93. The van der Waals surface area contributed by atoms with Gasteiger partial charge >= 0.3 is 0 Å². The number of carbonyl (C=O) groups excluding carboxylic acids is 1. The van der Waals surface area contributed by atoms with Crippen LogP contribution in [0, 0.1) is 0 Å². The summed E-state index contributed by atoms with van der Waals surface area (Å²) in [6.45, 7) is 1.60. The highest BCUT2D eigenvalue weighted by molar-refractivity contribution is 6.30. The van der Waals surface area contributed by atoms with Crippen molar-refractivity contribution >= 4 is 17.5 Å². The van der Waals surface area contributed by atoms with Crippen molar-refractivity contribution in [2.75, 3.05) is 19.8 Å². The fraction of sp³-hybridized carbons (Fsp3) is 0.350. The molecule has 0 aliphatic carbocycles. The number of amides is 1. The lowest BCUT2D eigenvalue weighted by atomic mass is 9.73. The summed E-state index contributed by atoms with van der Waals surface area (Å²) in [7, 11) is 0. The monoisotopic (exact) mass is 357 g/mol. The summed E-state index contributed by atoms with van der Waals surface area (Å²) in [6.07, 6.45) is 1.29. The zero-order valence-corrected chi connectivity index (χ0v) is 14.6. The number of hydrogen-bond acceptors (Lipinski definition) is 3. The van der Waals surface area contributed by atoms with Crippen LogP contribution in [0.25, 0.3) is 0 Å². The third-order valence-electron chi connectivity index (χ3n) is 5.16. The number of benzene rings is 2. The molecule has 4 rings (SSSR count). The predicted molar refractivity (Wildman–Crippen MR) is 96.0 cm³/mol. The molecule has 0 saturated carbocycles. The second kappa shape index (κ2) is 6.70. The van der Waals surface area contributed by atoms with E-state index in [2.05, 4.69) is 5.32 Å². The van der Waals surface area contributed by atoms with E-state index in [4.69, 9.17) is 21.1 Å². The van der Waals surface area contributed by atoms with Crippen molar-refractivity contribution in [2.45, 2.75) is 24.3 Å². The van der Waals surface area contributed by atoms with E-state index in [9.17, 15) is 4.79 Å². The van der Waals surface area contributed by atoms with Gasteiger partial charge in [-0.25, -0.2) is 0 Å². The van der Waals surface area contributed by atoms with Crippen LogP contribution in [0.5, 0.6) is 5.75 Å². The minimum atomic E-state index is -0.610. The highest BCUT2D eigenvalue weighted by Crippen LogP contribution is 2.38. The Morgan fingerprint density at radius 2 is 1.92 bits per heavy atom. The Balaban J connectivity index is 1.63. The van der Waals surface area contributed by atoms with E-state index >= 15 is 0 Å². The number of para-hydroxylation sites is 1. The molecule has 5 heteroatoms. The maximum Gasteiger partial charge on any atom is 0.231 e. The molecule has 1 atom stereocenters. The van der Waals surface area contributed by atoms with Gasteiger partial charge in [0.1, 0.15) is 12.4 Å². The van der Waals surface area contributed by atoms with E-state index in [1.54, 1.807) is 0 Å². The molecule has 0 radical (unpaired) electrons. The van der Waals surface area contributed by atoms with Crippen molar-refractivity contribution in [2.24, 2.45) is 0 Å². The summed E-state index contributed by atoms with van der Waals surface area (Å²) < 4.78 is 11.2. The van der Waals surface area contributed by atoms with Crippen molar-refractivity contribution in [1.82, 2.24) is 5.32 Å². The Morgan fingerprint density at radius 3 is 2.72 bits per heavy atom. The Hall–Kier alpha value is -2.04. The van der Waals surface area contributed by atoms with E-state index < -0.39 is 5.41 Å². The molecular weight excluding hydrogens is 338 g/mol. The molecule has 1 N–H and O–H groups in total. The molecule has 1 saturated heterocycles. The van der Waals surface area contributed by atoms with Crippen LogP contribution in [0.3, 0.4) is 0 Å². The second-order valence-corrected chi connectivity index (χ2v) is 7.02. The van der Waals surface area contributed by atoms with Gasteiger partial charge in [-0.15, -0.1) is 0 Å². The van der Waals surface area contributed by atoms with Crippen molar-refractivity contribution in [3.8, 4) is 5.75 Å². The molecule has 2 aromatic carbocycles. The average molecular weight is 358 g/mol. The van der Waals surface area contributed by atoms with E-state index in [0.717, 1.165) is 16.9 Å². The maximum absolute atomic E-state index is 13.3. The fourth-order valence-corrected chi connectivity index (χ4v) is 3.92. The summed E-state index contributed by atoms with van der Waals surface area (Å²) in [5.41, 5.74) is 1.37. The first kappa shape index (κ1) is 16.4. The van der Waals surface area contributed by atoms with Crippen LogP contribution >= 0.6 is 11.6 Å². The van der Waals surface area contributed by atoms with Crippen LogP contribution in [-0.2, 0) is 14.9 Å². The van der Waals surface area contributed by atoms with Crippen LogP contribution in [0.4, 0.5) is 0 Å². The zero-order chi connectivity index (χ0) is 17.3. The fourth-order valence-electron chi connectivity index (χ4n) is 3.73. The first-order valence-electron chi connectivity index (χ1n) is 8.55. The number of rotatable bonds is 3. The van der Waals surface area contributed by atoms with Crippen LogP contribution in [0.2, 0.25) is 5.02 Å². The summed E-state index contributed by atoms with van der Waals surface area (Å²) in [6, 6.07) is 15.3. The molecule has 25 heavy (non-hydrogen) atoms. The van der Waals surface area contributed by atoms with Gasteiger partial charge in [0.05, 0.1) is 11.5 Å². The highest BCUT2D eigenvalue weighted by atomic mass is 35.5. The Morgan fingerprint density at radius 1 is 1.12 bits per heavy atom. The number of ether oxygens (including phenoxy) is 2. The van der Waals surface area contributed by atoms with Gasteiger partial charge in [-0.05, 0) is 36.6 Å². The molecule has 2 aromatic rings. The average Bonchev–Trinajstić information content (AvgIpc) is 3.05. The number of fused-ring (bicyclic) bond motifs is 1. The molecule has 0 bridgehead atoms. The molecule has 0 aromatic heterocycles. The van der Waals surface area contributed by atoms with E-state index in [1.165, 1.54) is 0 Å². The van der Waals surface area contributed by atoms with Gasteiger partial charge < -0.3 is 14.8 Å². The molecule has 1 amide bonds. The summed E-state index contributed by atoms with van der Waals surface area (Å²) in [4.78, 5) is 13.3. The lowest BCUT2D eigenvalue weighted by molar-refractivity contribution is -0.131. The smallest absolute Gasteiger partial charge is 0.231 e. The Kier molecular flexibility index (Phi) is 4.40. The molecule has 0 spiro atoms. The third-order valence-corrected chi connectivity index (χ3v) is 5.40. The zero-order valence-electron chi connectivity index (χ0n) is 13.8. The normalized spacial score (nSPS) is 21.2. The molecule has 4 nitrogen and oxygen atoms in total. The number of hydrogen-bond donors (Lipinski definition) is 1. The minimum Gasteiger partial charge on any atom is -0.491 e. The van der Waals surface area contributed by atoms with Crippen LogP contribution in [0.15, 0.2) is 48.5 Å². The van der Waals surface area contributed by atoms with Crippen LogP contribution in [0.1, 0.15) is 30.0 Å². The molecule has 1 fully saturated rings. The van der Waals surface area contributed by atoms with Crippen molar-refractivity contribution < 1.29 is 14.3 Å². The molecular formula is C20H20ClNO3. The van der Waals surface area contributed by atoms with Gasteiger partial charge in [-0.1, -0.05) is 41.9 Å². The lowest BCUT2D eigenvalue weighted by Crippen LogP contribution is -2.49. The standard InChI is InChI=1S/C20H20ClNO3/c21-15-5-3-4-14(12-15)20(8-10-24-11-9-20)19(23)22-17-13-25-18-7-2-1-6-16(17)18/h1-7,12,17H,8-11,13H2,(H,22,23). The molecule has 2 heterocycles. The van der Waals surface area contributed by atoms with Crippen LogP contribution in [-0.4, -0.2) is 25.7 Å². The maximum atomic E-state index is 13.3. The number of carbonyl (C=O) groups is 1. The van der Waals surface area contributed by atoms with Gasteiger partial charge in [-0.3, -0.25) is 4.79 Å². The quantitative estimate of drug-likeness (QED) is 0.912. The van der Waals surface area contributed by atoms with Gasteiger partial charge in [0.15, 0.2) is 0 Å². The number of nitrogens with one attached hydrogen (secondary N) is 1. The van der Waals surface area contributed by atoms with Crippen molar-refractivity contribution in [1.29, 1.82) is 0 Å². The summed E-state index contributed by atoms with van der Waals surface area (Å²) in [5, 5.41) is 3.85. The lowest BCUT2D eigenvalue weighted by Gasteiger charge is -2.37. The van der Waals surface area contributed by atoms with Gasteiger partial charge in [0, 0.05) is 23.8 Å². The second-order valence-electron chi connectivity index (χ2n) is 6.58. The Bertz CT molecular complexity index is 786. The molecule has 2 aliphatic rings. The Labute approximate surface area is 152 Å². The topological polar surface area (TPSA) is 47.6 Å². The summed E-state index contributed by atoms with van der Waals surface area (Å²) in [5.74, 6) is 0.861. The van der Waals surface area contributed by atoms with Crippen molar-refractivity contribution in [3.05, 3.63) is 64.7 Å². The molecule has 1 unspecified atom stereocenters.